The molecule has 0 amide bonds. The molecule has 0 saturated carbocycles. The van der Waals surface area contributed by atoms with Crippen molar-refractivity contribution in [1.29, 1.82) is 0 Å². The molecule has 0 fully saturated rings. The zero-order valence-electron chi connectivity index (χ0n) is 26.0. The van der Waals surface area contributed by atoms with Crippen LogP contribution in [0.4, 0.5) is 0 Å². The Bertz CT molecular complexity index is 1790. The van der Waals surface area contributed by atoms with E-state index in [0.29, 0.717) is 5.75 Å². The summed E-state index contributed by atoms with van der Waals surface area (Å²) in [6, 6.07) is 44.5. The number of nitrogens with zero attached hydrogens (tertiary/aromatic N) is 1. The van der Waals surface area contributed by atoms with Crippen LogP contribution < -0.4 is 29.5 Å². The van der Waals surface area contributed by atoms with Gasteiger partial charge in [-0.1, -0.05) is 0 Å². The van der Waals surface area contributed by atoms with Crippen molar-refractivity contribution in [2.75, 3.05) is 0 Å². The van der Waals surface area contributed by atoms with Gasteiger partial charge in [0, 0.05) is 0 Å². The van der Waals surface area contributed by atoms with E-state index in [1.54, 1.807) is 12.4 Å². The molecule has 6 rings (SSSR count). The minimum atomic E-state index is -3.06. The summed E-state index contributed by atoms with van der Waals surface area (Å²) in [5.41, 5.74) is 6.39. The molecule has 1 aromatic heterocycles. The van der Waals surface area contributed by atoms with Crippen molar-refractivity contribution in [2.24, 2.45) is 0 Å². The van der Waals surface area contributed by atoms with Crippen LogP contribution in [0, 0.1) is 27.7 Å². The second kappa shape index (κ2) is 13.7. The molecule has 45 heavy (non-hydrogen) atoms. The Morgan fingerprint density at radius 1 is 0.533 bits per heavy atom. The van der Waals surface area contributed by atoms with Crippen molar-refractivity contribution in [3.05, 3.63) is 162 Å². The van der Waals surface area contributed by atoms with E-state index in [1.807, 2.05) is 12.1 Å². The van der Waals surface area contributed by atoms with Crippen LogP contribution in [0.2, 0.25) is 0 Å². The Kier molecular flexibility index (Phi) is 9.26. The summed E-state index contributed by atoms with van der Waals surface area (Å²) in [4.78, 5) is 4.16. The number of rotatable bonds is 10. The Morgan fingerprint density at radius 2 is 1.02 bits per heavy atom. The van der Waals surface area contributed by atoms with Gasteiger partial charge in [0.2, 0.25) is 0 Å². The SMILES string of the molecule is Cc1cc(C)c(OPOc2cccnc2)c(-c2cc(C)cc(C)c2O[PH](c2ccccc2)(c2ccccc2)c2ccccc2)c1. The number of hydrogen-bond acceptors (Lipinski definition) is 4. The average Bonchev–Trinajstić information content (AvgIpc) is 3.07. The van der Waals surface area contributed by atoms with Crippen LogP contribution in [-0.2, 0) is 0 Å². The van der Waals surface area contributed by atoms with Gasteiger partial charge in [0.1, 0.15) is 0 Å². The quantitative estimate of drug-likeness (QED) is 0.142. The molecular weight excluding hydrogens is 592 g/mol. The normalized spacial score (nSPS) is 11.8. The predicted molar refractivity (Wildman–Crippen MR) is 192 cm³/mol. The third kappa shape index (κ3) is 6.50. The topological polar surface area (TPSA) is 40.6 Å². The maximum atomic E-state index is 7.69. The molecule has 5 aromatic carbocycles. The molecule has 1 unspecified atom stereocenters. The fourth-order valence-electron chi connectivity index (χ4n) is 5.95. The third-order valence-electron chi connectivity index (χ3n) is 7.86. The molecule has 1 heterocycles. The fourth-order valence-corrected chi connectivity index (χ4v) is 10.5. The van der Waals surface area contributed by atoms with Gasteiger partial charge >= 0.3 is 269 Å². The monoisotopic (exact) mass is 629 g/mol. The fraction of sp³-hybridized carbons (Fsp3) is 0.103. The van der Waals surface area contributed by atoms with Gasteiger partial charge in [-0.3, -0.25) is 0 Å². The van der Waals surface area contributed by atoms with E-state index < -0.39 is 7.49 Å². The van der Waals surface area contributed by atoms with Crippen molar-refractivity contribution in [1.82, 2.24) is 4.98 Å². The summed E-state index contributed by atoms with van der Waals surface area (Å²) >= 11 is 0. The average molecular weight is 630 g/mol. The first-order valence-electron chi connectivity index (χ1n) is 15.0. The van der Waals surface area contributed by atoms with Crippen LogP contribution in [0.15, 0.2) is 140 Å². The first kappa shape index (κ1) is 30.5. The van der Waals surface area contributed by atoms with E-state index in [4.69, 9.17) is 13.6 Å². The summed E-state index contributed by atoms with van der Waals surface area (Å²) in [6.07, 6.45) is 3.42. The van der Waals surface area contributed by atoms with Crippen molar-refractivity contribution in [3.8, 4) is 28.4 Å². The molecule has 0 aliphatic carbocycles. The molecule has 0 saturated heterocycles. The van der Waals surface area contributed by atoms with Gasteiger partial charge in [-0.15, -0.1) is 0 Å². The van der Waals surface area contributed by atoms with Crippen molar-refractivity contribution >= 4 is 32.4 Å². The van der Waals surface area contributed by atoms with Gasteiger partial charge in [-0.05, 0) is 0 Å². The Morgan fingerprint density at radius 3 is 1.51 bits per heavy atom. The molecule has 6 heteroatoms. The molecular formula is C39H37NO3P2. The first-order valence-corrected chi connectivity index (χ1v) is 17.8. The Labute approximate surface area is 268 Å². The van der Waals surface area contributed by atoms with Crippen molar-refractivity contribution in [2.45, 2.75) is 27.7 Å². The molecule has 0 bridgehead atoms. The molecule has 226 valence electrons. The van der Waals surface area contributed by atoms with E-state index in [0.717, 1.165) is 44.9 Å². The summed E-state index contributed by atoms with van der Waals surface area (Å²) in [5.74, 6) is 2.31. The number of aromatic nitrogens is 1. The van der Waals surface area contributed by atoms with Gasteiger partial charge < -0.3 is 0 Å². The maximum absolute atomic E-state index is 7.69. The molecule has 4 nitrogen and oxygen atoms in total. The third-order valence-corrected chi connectivity index (χ3v) is 12.4. The number of pyridine rings is 1. The van der Waals surface area contributed by atoms with Crippen LogP contribution in [0.3, 0.4) is 0 Å². The number of aryl methyl sites for hydroxylation is 4. The zero-order chi connectivity index (χ0) is 31.2. The van der Waals surface area contributed by atoms with E-state index in [1.165, 1.54) is 15.9 Å². The molecule has 0 spiro atoms. The molecule has 0 aliphatic heterocycles. The van der Waals surface area contributed by atoms with E-state index in [2.05, 4.69) is 148 Å². The van der Waals surface area contributed by atoms with Gasteiger partial charge in [-0.2, -0.15) is 0 Å². The predicted octanol–water partition coefficient (Wildman–Crippen LogP) is 8.97. The van der Waals surface area contributed by atoms with Crippen LogP contribution in [0.5, 0.6) is 17.2 Å². The van der Waals surface area contributed by atoms with Gasteiger partial charge in [0.15, 0.2) is 0 Å². The van der Waals surface area contributed by atoms with E-state index >= 15 is 0 Å². The second-order valence-electron chi connectivity index (χ2n) is 11.3. The van der Waals surface area contributed by atoms with Gasteiger partial charge in [-0.25, -0.2) is 0 Å². The molecule has 0 radical (unpaired) electrons. The molecule has 6 aromatic rings. The Balaban J connectivity index is 1.55. The van der Waals surface area contributed by atoms with Crippen molar-refractivity contribution < 1.29 is 13.6 Å². The summed E-state index contributed by atoms with van der Waals surface area (Å²) < 4.78 is 20.1. The van der Waals surface area contributed by atoms with Crippen LogP contribution in [0.25, 0.3) is 11.1 Å². The first-order chi connectivity index (χ1) is 22.0. The molecule has 1 atom stereocenters. The number of benzene rings is 5. The Hall–Kier alpha value is -4.49. The minimum absolute atomic E-state index is 0.237. The molecule has 0 aliphatic rings. The van der Waals surface area contributed by atoms with E-state index in [-0.39, 0.29) is 9.03 Å². The summed E-state index contributed by atoms with van der Waals surface area (Å²) in [5, 5.41) is 3.53. The van der Waals surface area contributed by atoms with Crippen LogP contribution in [-0.4, -0.2) is 4.98 Å². The van der Waals surface area contributed by atoms with E-state index in [9.17, 15) is 0 Å². The summed E-state index contributed by atoms with van der Waals surface area (Å²) in [6.45, 7) is 8.48. The molecule has 0 N–H and O–H groups in total. The number of hydrogen-bond donors (Lipinski definition) is 0. The zero-order valence-corrected chi connectivity index (χ0v) is 28.0. The van der Waals surface area contributed by atoms with Crippen LogP contribution >= 0.6 is 16.5 Å². The van der Waals surface area contributed by atoms with Gasteiger partial charge in [0.05, 0.1) is 0 Å². The summed E-state index contributed by atoms with van der Waals surface area (Å²) in [7, 11) is -3.30. The van der Waals surface area contributed by atoms with Crippen molar-refractivity contribution in [3.63, 3.8) is 0 Å². The van der Waals surface area contributed by atoms with Crippen LogP contribution in [0.1, 0.15) is 22.3 Å². The standard InChI is InChI=1S/C39H37NO3P2/c1-28-23-30(3)38(42-44-41-32-15-14-22-40-27-32)36(25-28)37-26-29(2)24-31(4)39(37)43-45(33-16-8-5-9-17-33,34-18-10-6-11-19-34)35-20-12-7-13-21-35/h5-27,44-45H,1-4H3. The second-order valence-corrected chi connectivity index (χ2v) is 15.1. The van der Waals surface area contributed by atoms with Gasteiger partial charge in [0.25, 0.3) is 0 Å².